The number of carbonyl (C=O) groups is 1. The molecule has 1 atom stereocenters. The summed E-state index contributed by atoms with van der Waals surface area (Å²) < 4.78 is 65.0. The number of carboxylic acid groups (broad SMARTS) is 1. The van der Waals surface area contributed by atoms with Crippen molar-refractivity contribution in [2.45, 2.75) is 51.8 Å². The molecule has 3 aromatic rings. The monoisotopic (exact) mass is 504 g/mol. The van der Waals surface area contributed by atoms with Gasteiger partial charge in [-0.3, -0.25) is 4.79 Å². The number of aliphatic carboxylic acids is 1. The standard InChI is InChI=1S/C28H28F4O4/c1-3-19-16-24(11-6-20(19)7-13-27(33)34)35-15-14-18(2)36-26-12-8-22(28(30,31)32)17-25(26)21-4-9-23(29)10-5-21/h4-6,8-12,16-18H,3,7,13-15H2,1-2H3,(H,33,34)/t18-/m0/s1. The second-order valence-electron chi connectivity index (χ2n) is 8.46. The molecule has 0 aliphatic heterocycles. The normalized spacial score (nSPS) is 12.3. The van der Waals surface area contributed by atoms with Gasteiger partial charge in [0.2, 0.25) is 0 Å². The average molecular weight is 505 g/mol. The van der Waals surface area contributed by atoms with Crippen LogP contribution in [0.5, 0.6) is 11.5 Å². The van der Waals surface area contributed by atoms with Crippen molar-refractivity contribution in [3.05, 3.63) is 83.2 Å². The lowest BCUT2D eigenvalue weighted by Gasteiger charge is -2.19. The maximum atomic E-state index is 13.4. The molecule has 36 heavy (non-hydrogen) atoms. The average Bonchev–Trinajstić information content (AvgIpc) is 2.83. The highest BCUT2D eigenvalue weighted by Gasteiger charge is 2.31. The van der Waals surface area contributed by atoms with E-state index in [0.717, 1.165) is 29.7 Å². The smallest absolute Gasteiger partial charge is 0.416 e. The zero-order valence-corrected chi connectivity index (χ0v) is 20.1. The molecule has 3 rings (SSSR count). The summed E-state index contributed by atoms with van der Waals surface area (Å²) in [4.78, 5) is 10.8. The Bertz CT molecular complexity index is 1170. The SMILES string of the molecule is CCc1cc(OCC[C@H](C)Oc2ccc(C(F)(F)F)cc2-c2ccc(F)cc2)ccc1CCC(=O)O. The first kappa shape index (κ1) is 27.0. The Labute approximate surface area is 207 Å². The van der Waals surface area contributed by atoms with Crippen molar-refractivity contribution in [1.29, 1.82) is 0 Å². The van der Waals surface area contributed by atoms with E-state index in [4.69, 9.17) is 14.6 Å². The summed E-state index contributed by atoms with van der Waals surface area (Å²) in [6.07, 6.45) is -3.18. The van der Waals surface area contributed by atoms with Crippen LogP contribution in [0.15, 0.2) is 60.7 Å². The Morgan fingerprint density at radius 1 is 1.00 bits per heavy atom. The molecule has 3 aromatic carbocycles. The lowest BCUT2D eigenvalue weighted by Crippen LogP contribution is -2.16. The van der Waals surface area contributed by atoms with Crippen LogP contribution in [0.2, 0.25) is 0 Å². The van der Waals surface area contributed by atoms with E-state index in [0.29, 0.717) is 30.8 Å². The first-order valence-corrected chi connectivity index (χ1v) is 11.7. The largest absolute Gasteiger partial charge is 0.493 e. The molecule has 0 saturated heterocycles. The zero-order valence-electron chi connectivity index (χ0n) is 20.1. The third-order valence-electron chi connectivity index (χ3n) is 5.75. The fourth-order valence-electron chi connectivity index (χ4n) is 3.79. The van der Waals surface area contributed by atoms with Gasteiger partial charge in [0, 0.05) is 18.4 Å². The first-order chi connectivity index (χ1) is 17.1. The molecule has 0 aliphatic rings. The summed E-state index contributed by atoms with van der Waals surface area (Å²) in [6, 6.07) is 14.0. The molecule has 0 fully saturated rings. The Morgan fingerprint density at radius 3 is 2.36 bits per heavy atom. The van der Waals surface area contributed by atoms with Crippen molar-refractivity contribution >= 4 is 5.97 Å². The van der Waals surface area contributed by atoms with Crippen LogP contribution in [0.3, 0.4) is 0 Å². The van der Waals surface area contributed by atoms with Crippen molar-refractivity contribution in [3.63, 3.8) is 0 Å². The molecule has 8 heteroatoms. The van der Waals surface area contributed by atoms with E-state index >= 15 is 0 Å². The van der Waals surface area contributed by atoms with E-state index in [2.05, 4.69) is 0 Å². The van der Waals surface area contributed by atoms with Crippen LogP contribution in [0.25, 0.3) is 11.1 Å². The molecular weight excluding hydrogens is 476 g/mol. The summed E-state index contributed by atoms with van der Waals surface area (Å²) in [5.74, 6) is -0.417. The van der Waals surface area contributed by atoms with Crippen molar-refractivity contribution in [2.75, 3.05) is 6.61 Å². The fraction of sp³-hybridized carbons (Fsp3) is 0.321. The minimum Gasteiger partial charge on any atom is -0.493 e. The van der Waals surface area contributed by atoms with Gasteiger partial charge < -0.3 is 14.6 Å². The molecule has 0 unspecified atom stereocenters. The summed E-state index contributed by atoms with van der Waals surface area (Å²) >= 11 is 0. The highest BCUT2D eigenvalue weighted by molar-refractivity contribution is 5.71. The van der Waals surface area contributed by atoms with E-state index in [9.17, 15) is 22.4 Å². The number of hydrogen-bond acceptors (Lipinski definition) is 3. The number of rotatable bonds is 11. The van der Waals surface area contributed by atoms with Crippen LogP contribution in [-0.4, -0.2) is 23.8 Å². The van der Waals surface area contributed by atoms with Gasteiger partial charge in [0.25, 0.3) is 0 Å². The van der Waals surface area contributed by atoms with Crippen LogP contribution >= 0.6 is 0 Å². The van der Waals surface area contributed by atoms with Gasteiger partial charge in [-0.15, -0.1) is 0 Å². The number of aryl methyl sites for hydroxylation is 2. The van der Waals surface area contributed by atoms with Crippen molar-refractivity contribution in [2.24, 2.45) is 0 Å². The number of benzene rings is 3. The number of ether oxygens (including phenoxy) is 2. The summed E-state index contributed by atoms with van der Waals surface area (Å²) in [7, 11) is 0. The van der Waals surface area contributed by atoms with Gasteiger partial charge in [0.1, 0.15) is 17.3 Å². The Kier molecular flexibility index (Phi) is 8.96. The van der Waals surface area contributed by atoms with Crippen LogP contribution in [-0.2, 0) is 23.8 Å². The van der Waals surface area contributed by atoms with E-state index in [-0.39, 0.29) is 23.8 Å². The van der Waals surface area contributed by atoms with Gasteiger partial charge >= 0.3 is 12.1 Å². The predicted octanol–water partition coefficient (Wildman–Crippen LogP) is 7.33. The third-order valence-corrected chi connectivity index (χ3v) is 5.75. The molecule has 0 aromatic heterocycles. The van der Waals surface area contributed by atoms with Gasteiger partial charge in [-0.1, -0.05) is 25.1 Å². The summed E-state index contributed by atoms with van der Waals surface area (Å²) in [5.41, 5.74) is 1.81. The molecule has 0 amide bonds. The number of hydrogen-bond donors (Lipinski definition) is 1. The molecule has 0 saturated carbocycles. The first-order valence-electron chi connectivity index (χ1n) is 11.7. The Hall–Kier alpha value is -3.55. The third kappa shape index (κ3) is 7.47. The van der Waals surface area contributed by atoms with Gasteiger partial charge in [-0.05, 0) is 78.9 Å². The lowest BCUT2D eigenvalue weighted by molar-refractivity contribution is -0.138. The summed E-state index contributed by atoms with van der Waals surface area (Å²) in [6.45, 7) is 4.09. The van der Waals surface area contributed by atoms with Crippen LogP contribution < -0.4 is 9.47 Å². The zero-order chi connectivity index (χ0) is 26.3. The molecule has 0 aliphatic carbocycles. The number of carboxylic acids is 1. The molecule has 192 valence electrons. The van der Waals surface area contributed by atoms with Crippen LogP contribution in [0.4, 0.5) is 17.6 Å². The van der Waals surface area contributed by atoms with E-state index in [1.165, 1.54) is 30.3 Å². The molecule has 0 radical (unpaired) electrons. The molecule has 1 N–H and O–H groups in total. The van der Waals surface area contributed by atoms with Crippen LogP contribution in [0.1, 0.15) is 43.4 Å². The Balaban J connectivity index is 1.67. The minimum atomic E-state index is -4.52. The van der Waals surface area contributed by atoms with Gasteiger partial charge in [-0.25, -0.2) is 4.39 Å². The van der Waals surface area contributed by atoms with E-state index < -0.39 is 23.5 Å². The molecule has 4 nitrogen and oxygen atoms in total. The second kappa shape index (κ2) is 11.9. The molecule has 0 heterocycles. The van der Waals surface area contributed by atoms with E-state index in [1.807, 2.05) is 19.1 Å². The number of alkyl halides is 3. The Morgan fingerprint density at radius 2 is 1.72 bits per heavy atom. The topological polar surface area (TPSA) is 55.8 Å². The van der Waals surface area contributed by atoms with Crippen molar-refractivity contribution in [1.82, 2.24) is 0 Å². The maximum absolute atomic E-state index is 13.4. The minimum absolute atomic E-state index is 0.0614. The van der Waals surface area contributed by atoms with Gasteiger partial charge in [-0.2, -0.15) is 13.2 Å². The highest BCUT2D eigenvalue weighted by atomic mass is 19.4. The van der Waals surface area contributed by atoms with Gasteiger partial charge in [0.05, 0.1) is 18.3 Å². The van der Waals surface area contributed by atoms with Gasteiger partial charge in [0.15, 0.2) is 0 Å². The predicted molar refractivity (Wildman–Crippen MR) is 129 cm³/mol. The lowest BCUT2D eigenvalue weighted by atomic mass is 10.0. The van der Waals surface area contributed by atoms with Crippen molar-refractivity contribution < 1.29 is 36.9 Å². The quantitative estimate of drug-likeness (QED) is 0.278. The van der Waals surface area contributed by atoms with E-state index in [1.54, 1.807) is 13.0 Å². The van der Waals surface area contributed by atoms with Crippen molar-refractivity contribution in [3.8, 4) is 22.6 Å². The molecule has 0 spiro atoms. The molecule has 0 bridgehead atoms. The fourth-order valence-corrected chi connectivity index (χ4v) is 3.79. The number of halogens is 4. The summed E-state index contributed by atoms with van der Waals surface area (Å²) in [5, 5.41) is 8.91. The molecular formula is C28H28F4O4. The van der Waals surface area contributed by atoms with Crippen LogP contribution in [0, 0.1) is 5.82 Å². The maximum Gasteiger partial charge on any atom is 0.416 e. The second-order valence-corrected chi connectivity index (χ2v) is 8.46. The highest BCUT2D eigenvalue weighted by Crippen LogP contribution is 2.38.